The van der Waals surface area contributed by atoms with E-state index in [9.17, 15) is 8.78 Å². The normalized spacial score (nSPS) is 30.7. The van der Waals surface area contributed by atoms with Gasteiger partial charge in [-0.05, 0) is 97.7 Å². The Labute approximate surface area is 158 Å². The van der Waals surface area contributed by atoms with Gasteiger partial charge < -0.3 is 4.74 Å². The van der Waals surface area contributed by atoms with Crippen molar-refractivity contribution in [2.45, 2.75) is 63.9 Å². The van der Waals surface area contributed by atoms with Gasteiger partial charge in [0, 0.05) is 0 Å². The van der Waals surface area contributed by atoms with E-state index >= 15 is 0 Å². The number of rotatable bonds is 5. The SMILES string of the molecule is FC(F)Oc1ccc(C2CCC([C@H]3CC[C@H](/C=C/Br)CC3)CC2)cc1. The summed E-state index contributed by atoms with van der Waals surface area (Å²) in [6.45, 7) is -2.75. The first kappa shape index (κ1) is 18.9. The van der Waals surface area contributed by atoms with Gasteiger partial charge in [0.1, 0.15) is 5.75 Å². The average Bonchev–Trinajstić information content (AvgIpc) is 2.63. The van der Waals surface area contributed by atoms with Gasteiger partial charge in [0.25, 0.3) is 0 Å². The molecule has 1 nitrogen and oxygen atoms in total. The van der Waals surface area contributed by atoms with Crippen LogP contribution in [0.15, 0.2) is 35.3 Å². The molecule has 4 heteroatoms. The predicted molar refractivity (Wildman–Crippen MR) is 101 cm³/mol. The van der Waals surface area contributed by atoms with Gasteiger partial charge in [-0.25, -0.2) is 0 Å². The van der Waals surface area contributed by atoms with Gasteiger partial charge in [0.2, 0.25) is 0 Å². The lowest BCUT2D eigenvalue weighted by molar-refractivity contribution is -0.0498. The van der Waals surface area contributed by atoms with Crippen LogP contribution < -0.4 is 4.74 Å². The third-order valence-electron chi connectivity index (χ3n) is 6.18. The minimum absolute atomic E-state index is 0.252. The van der Waals surface area contributed by atoms with Gasteiger partial charge in [-0.3, -0.25) is 0 Å². The zero-order chi connectivity index (χ0) is 17.6. The highest BCUT2D eigenvalue weighted by atomic mass is 79.9. The van der Waals surface area contributed by atoms with E-state index in [-0.39, 0.29) is 5.75 Å². The van der Waals surface area contributed by atoms with Crippen LogP contribution in [0.5, 0.6) is 5.75 Å². The molecule has 0 saturated heterocycles. The Morgan fingerprint density at radius 2 is 1.44 bits per heavy atom. The van der Waals surface area contributed by atoms with Gasteiger partial charge in [-0.2, -0.15) is 8.78 Å². The molecule has 0 amide bonds. The molecule has 1 aromatic rings. The molecule has 2 fully saturated rings. The molecule has 2 aliphatic carbocycles. The van der Waals surface area contributed by atoms with Crippen molar-refractivity contribution in [2.24, 2.45) is 17.8 Å². The lowest BCUT2D eigenvalue weighted by Crippen LogP contribution is -2.25. The highest BCUT2D eigenvalue weighted by Crippen LogP contribution is 2.44. The highest BCUT2D eigenvalue weighted by molar-refractivity contribution is 9.11. The van der Waals surface area contributed by atoms with Crippen molar-refractivity contribution < 1.29 is 13.5 Å². The fourth-order valence-electron chi connectivity index (χ4n) is 4.76. The lowest BCUT2D eigenvalue weighted by Gasteiger charge is -2.37. The minimum Gasteiger partial charge on any atom is -0.435 e. The van der Waals surface area contributed by atoms with Crippen LogP contribution in [0.1, 0.15) is 62.8 Å². The Hall–Kier alpha value is -0.900. The summed E-state index contributed by atoms with van der Waals surface area (Å²) < 4.78 is 28.9. The first-order valence-electron chi connectivity index (χ1n) is 9.47. The van der Waals surface area contributed by atoms with Crippen LogP contribution in [0.4, 0.5) is 8.78 Å². The van der Waals surface area contributed by atoms with E-state index in [0.717, 1.165) is 17.8 Å². The largest absolute Gasteiger partial charge is 0.435 e. The number of ether oxygens (including phenoxy) is 1. The second-order valence-electron chi connectivity index (χ2n) is 7.55. The second-order valence-corrected chi connectivity index (χ2v) is 8.08. The van der Waals surface area contributed by atoms with E-state index in [0.29, 0.717) is 5.92 Å². The Morgan fingerprint density at radius 3 is 1.96 bits per heavy atom. The molecule has 0 heterocycles. The first-order valence-corrected chi connectivity index (χ1v) is 10.4. The van der Waals surface area contributed by atoms with Crippen LogP contribution in [0.25, 0.3) is 0 Å². The smallest absolute Gasteiger partial charge is 0.387 e. The van der Waals surface area contributed by atoms with E-state index in [1.807, 2.05) is 17.1 Å². The molecule has 0 spiro atoms. The van der Waals surface area contributed by atoms with E-state index in [1.165, 1.54) is 56.9 Å². The van der Waals surface area contributed by atoms with E-state index in [4.69, 9.17) is 0 Å². The molecule has 2 saturated carbocycles. The Bertz CT molecular complexity index is 542. The van der Waals surface area contributed by atoms with Crippen molar-refractivity contribution in [3.63, 3.8) is 0 Å². The van der Waals surface area contributed by atoms with Crippen LogP contribution in [-0.4, -0.2) is 6.61 Å². The van der Waals surface area contributed by atoms with Crippen LogP contribution in [0.3, 0.4) is 0 Å². The summed E-state index contributed by atoms with van der Waals surface area (Å²) in [7, 11) is 0. The monoisotopic (exact) mass is 412 g/mol. The molecule has 3 rings (SSSR count). The molecular formula is C21H27BrF2O. The fraction of sp³-hybridized carbons (Fsp3) is 0.619. The molecule has 25 heavy (non-hydrogen) atoms. The summed E-state index contributed by atoms with van der Waals surface area (Å²) in [6.07, 6.45) is 12.8. The third-order valence-corrected chi connectivity index (χ3v) is 6.48. The molecular weight excluding hydrogens is 386 g/mol. The number of hydrogen-bond acceptors (Lipinski definition) is 1. The molecule has 0 aromatic heterocycles. The minimum atomic E-state index is -2.75. The van der Waals surface area contributed by atoms with Crippen molar-refractivity contribution in [1.82, 2.24) is 0 Å². The van der Waals surface area contributed by atoms with Gasteiger partial charge in [-0.15, -0.1) is 0 Å². The molecule has 0 aliphatic heterocycles. The van der Waals surface area contributed by atoms with Gasteiger partial charge in [0.15, 0.2) is 0 Å². The molecule has 0 radical (unpaired) electrons. The molecule has 0 bridgehead atoms. The van der Waals surface area contributed by atoms with Crippen molar-refractivity contribution >= 4 is 15.9 Å². The fourth-order valence-corrected chi connectivity index (χ4v) is 5.19. The first-order chi connectivity index (χ1) is 12.2. The van der Waals surface area contributed by atoms with Crippen molar-refractivity contribution in [2.75, 3.05) is 0 Å². The number of benzene rings is 1. The number of alkyl halides is 2. The molecule has 2 aliphatic rings. The average molecular weight is 413 g/mol. The maximum absolute atomic E-state index is 12.2. The molecule has 0 unspecified atom stereocenters. The maximum Gasteiger partial charge on any atom is 0.387 e. The number of allylic oxidation sites excluding steroid dienone is 1. The zero-order valence-electron chi connectivity index (χ0n) is 14.5. The zero-order valence-corrected chi connectivity index (χ0v) is 16.1. The summed E-state index contributed by atoms with van der Waals surface area (Å²) >= 11 is 3.40. The van der Waals surface area contributed by atoms with Crippen molar-refractivity contribution in [3.05, 3.63) is 40.9 Å². The molecule has 0 atom stereocenters. The third kappa shape index (κ3) is 5.29. The molecule has 138 valence electrons. The van der Waals surface area contributed by atoms with Gasteiger partial charge in [0.05, 0.1) is 0 Å². The topological polar surface area (TPSA) is 9.23 Å². The van der Waals surface area contributed by atoms with Gasteiger partial charge >= 0.3 is 6.61 Å². The maximum atomic E-state index is 12.2. The number of halogens is 3. The Balaban J connectivity index is 1.47. The van der Waals surface area contributed by atoms with E-state index in [1.54, 1.807) is 12.1 Å². The van der Waals surface area contributed by atoms with Crippen molar-refractivity contribution in [1.29, 1.82) is 0 Å². The van der Waals surface area contributed by atoms with Crippen LogP contribution in [-0.2, 0) is 0 Å². The standard InChI is InChI=1S/C21H27BrF2O/c22-14-13-15-1-3-16(4-2-15)17-5-7-18(8-6-17)19-9-11-20(12-10-19)25-21(23)24/h9-18,21H,1-8H2/b14-13+/t15-,16-,17?,18?. The summed E-state index contributed by atoms with van der Waals surface area (Å²) in [5.74, 6) is 3.38. The Morgan fingerprint density at radius 1 is 0.880 bits per heavy atom. The van der Waals surface area contributed by atoms with Gasteiger partial charge in [-0.1, -0.05) is 34.1 Å². The number of hydrogen-bond donors (Lipinski definition) is 0. The van der Waals surface area contributed by atoms with Crippen LogP contribution in [0.2, 0.25) is 0 Å². The van der Waals surface area contributed by atoms with E-state index < -0.39 is 6.61 Å². The van der Waals surface area contributed by atoms with E-state index in [2.05, 4.69) is 26.7 Å². The quantitative estimate of drug-likeness (QED) is 0.493. The van der Waals surface area contributed by atoms with Crippen LogP contribution >= 0.6 is 15.9 Å². The highest BCUT2D eigenvalue weighted by Gasteiger charge is 2.30. The van der Waals surface area contributed by atoms with Crippen molar-refractivity contribution in [3.8, 4) is 5.75 Å². The summed E-state index contributed by atoms with van der Waals surface area (Å²) in [5.41, 5.74) is 1.27. The summed E-state index contributed by atoms with van der Waals surface area (Å²) in [5, 5.41) is 0. The predicted octanol–water partition coefficient (Wildman–Crippen LogP) is 7.28. The molecule has 0 N–H and O–H groups in total. The Kier molecular flexibility index (Phi) is 6.92. The molecule has 1 aromatic carbocycles. The summed E-state index contributed by atoms with van der Waals surface area (Å²) in [6, 6.07) is 7.26. The summed E-state index contributed by atoms with van der Waals surface area (Å²) in [4.78, 5) is 2.01. The van der Waals surface area contributed by atoms with Crippen LogP contribution in [0, 0.1) is 17.8 Å². The second kappa shape index (κ2) is 9.16. The lowest BCUT2D eigenvalue weighted by atomic mass is 9.68.